The van der Waals surface area contributed by atoms with Gasteiger partial charge >= 0.3 is 0 Å². The molecular weight excluding hydrogens is 231 g/mol. The van der Waals surface area contributed by atoms with E-state index in [4.69, 9.17) is 9.47 Å². The SMILES string of the molecule is CCc1cc(OC)c(Oc2ccccc2)cc1F. The van der Waals surface area contributed by atoms with Crippen LogP contribution >= 0.6 is 0 Å². The summed E-state index contributed by atoms with van der Waals surface area (Å²) in [5.41, 5.74) is 0.618. The van der Waals surface area contributed by atoms with Crippen LogP contribution in [-0.2, 0) is 6.42 Å². The predicted octanol–water partition coefficient (Wildman–Crippen LogP) is 4.19. The standard InChI is InChI=1S/C15H15FO2/c1-3-11-9-14(17-2)15(10-13(11)16)18-12-7-5-4-6-8-12/h4-10H,3H2,1-2H3. The lowest BCUT2D eigenvalue weighted by Gasteiger charge is -2.12. The van der Waals surface area contributed by atoms with Gasteiger partial charge in [-0.1, -0.05) is 25.1 Å². The van der Waals surface area contributed by atoms with Gasteiger partial charge in [-0.15, -0.1) is 0 Å². The van der Waals surface area contributed by atoms with Crippen molar-refractivity contribution in [1.29, 1.82) is 0 Å². The second kappa shape index (κ2) is 5.54. The summed E-state index contributed by atoms with van der Waals surface area (Å²) in [6.45, 7) is 1.90. The Bertz CT molecular complexity index is 524. The Kier molecular flexibility index (Phi) is 3.82. The third kappa shape index (κ3) is 2.62. The number of halogens is 1. The molecule has 0 amide bonds. The van der Waals surface area contributed by atoms with Crippen LogP contribution in [0, 0.1) is 5.82 Å². The van der Waals surface area contributed by atoms with Gasteiger partial charge in [-0.05, 0) is 30.2 Å². The van der Waals surface area contributed by atoms with E-state index in [1.165, 1.54) is 6.07 Å². The lowest BCUT2D eigenvalue weighted by atomic mass is 10.1. The van der Waals surface area contributed by atoms with Crippen molar-refractivity contribution in [3.63, 3.8) is 0 Å². The Morgan fingerprint density at radius 2 is 1.78 bits per heavy atom. The minimum absolute atomic E-state index is 0.274. The van der Waals surface area contributed by atoms with Crippen LogP contribution in [0.4, 0.5) is 4.39 Å². The van der Waals surface area contributed by atoms with Gasteiger partial charge in [-0.3, -0.25) is 0 Å². The molecule has 0 aliphatic carbocycles. The molecule has 0 aliphatic heterocycles. The van der Waals surface area contributed by atoms with Crippen molar-refractivity contribution in [1.82, 2.24) is 0 Å². The van der Waals surface area contributed by atoms with E-state index in [2.05, 4.69) is 0 Å². The molecule has 0 bridgehead atoms. The first kappa shape index (κ1) is 12.4. The van der Waals surface area contributed by atoms with E-state index in [1.807, 2.05) is 37.3 Å². The molecule has 0 heterocycles. The fourth-order valence-electron chi connectivity index (χ4n) is 1.70. The maximum Gasteiger partial charge on any atom is 0.172 e. The van der Waals surface area contributed by atoms with Crippen molar-refractivity contribution in [2.24, 2.45) is 0 Å². The zero-order valence-electron chi connectivity index (χ0n) is 10.4. The molecule has 0 atom stereocenters. The zero-order valence-corrected chi connectivity index (χ0v) is 10.4. The topological polar surface area (TPSA) is 18.5 Å². The quantitative estimate of drug-likeness (QED) is 0.805. The number of hydrogen-bond donors (Lipinski definition) is 0. The largest absolute Gasteiger partial charge is 0.493 e. The zero-order chi connectivity index (χ0) is 13.0. The minimum Gasteiger partial charge on any atom is -0.493 e. The van der Waals surface area contributed by atoms with E-state index in [0.717, 1.165) is 0 Å². The summed E-state index contributed by atoms with van der Waals surface area (Å²) in [7, 11) is 1.55. The third-order valence-corrected chi connectivity index (χ3v) is 2.68. The van der Waals surface area contributed by atoms with Gasteiger partial charge in [0.2, 0.25) is 0 Å². The van der Waals surface area contributed by atoms with Gasteiger partial charge in [0.25, 0.3) is 0 Å². The molecule has 2 aromatic rings. The van der Waals surface area contributed by atoms with Crippen LogP contribution in [0.5, 0.6) is 17.2 Å². The molecule has 0 saturated carbocycles. The Labute approximate surface area is 106 Å². The maximum absolute atomic E-state index is 13.7. The average Bonchev–Trinajstić information content (AvgIpc) is 2.40. The number of ether oxygens (including phenoxy) is 2. The molecule has 2 rings (SSSR count). The summed E-state index contributed by atoms with van der Waals surface area (Å²) < 4.78 is 24.6. The van der Waals surface area contributed by atoms with E-state index in [1.54, 1.807) is 13.2 Å². The number of methoxy groups -OCH3 is 1. The first-order valence-corrected chi connectivity index (χ1v) is 5.84. The van der Waals surface area contributed by atoms with Crippen molar-refractivity contribution < 1.29 is 13.9 Å². The Morgan fingerprint density at radius 3 is 2.39 bits per heavy atom. The lowest BCUT2D eigenvalue weighted by molar-refractivity contribution is 0.375. The number of aryl methyl sites for hydroxylation is 1. The molecule has 0 aliphatic rings. The number of para-hydroxylation sites is 1. The second-order valence-corrected chi connectivity index (χ2v) is 3.86. The maximum atomic E-state index is 13.7. The molecule has 0 fully saturated rings. The van der Waals surface area contributed by atoms with Gasteiger partial charge in [0.05, 0.1) is 7.11 Å². The molecule has 0 spiro atoms. The third-order valence-electron chi connectivity index (χ3n) is 2.68. The van der Waals surface area contributed by atoms with E-state index < -0.39 is 0 Å². The number of rotatable bonds is 4. The highest BCUT2D eigenvalue weighted by molar-refractivity contribution is 5.46. The summed E-state index contributed by atoms with van der Waals surface area (Å²) in [5.74, 6) is 1.30. The Hall–Kier alpha value is -2.03. The van der Waals surface area contributed by atoms with Crippen LogP contribution in [0.25, 0.3) is 0 Å². The highest BCUT2D eigenvalue weighted by atomic mass is 19.1. The van der Waals surface area contributed by atoms with Gasteiger partial charge in [-0.2, -0.15) is 0 Å². The van der Waals surface area contributed by atoms with Crippen LogP contribution in [0.3, 0.4) is 0 Å². The number of benzene rings is 2. The van der Waals surface area contributed by atoms with Crippen LogP contribution in [-0.4, -0.2) is 7.11 Å². The van der Waals surface area contributed by atoms with Crippen LogP contribution < -0.4 is 9.47 Å². The Morgan fingerprint density at radius 1 is 1.06 bits per heavy atom. The molecule has 0 radical (unpaired) electrons. The summed E-state index contributed by atoms with van der Waals surface area (Å²) >= 11 is 0. The van der Waals surface area contributed by atoms with Crippen LogP contribution in [0.1, 0.15) is 12.5 Å². The van der Waals surface area contributed by atoms with E-state index in [0.29, 0.717) is 29.2 Å². The fourth-order valence-corrected chi connectivity index (χ4v) is 1.70. The van der Waals surface area contributed by atoms with Crippen molar-refractivity contribution in [2.75, 3.05) is 7.11 Å². The molecule has 0 N–H and O–H groups in total. The smallest absolute Gasteiger partial charge is 0.172 e. The van der Waals surface area contributed by atoms with Crippen LogP contribution in [0.2, 0.25) is 0 Å². The first-order chi connectivity index (χ1) is 8.74. The normalized spacial score (nSPS) is 10.2. The highest BCUT2D eigenvalue weighted by Gasteiger charge is 2.11. The van der Waals surface area contributed by atoms with Gasteiger partial charge in [0.1, 0.15) is 11.6 Å². The number of hydrogen-bond acceptors (Lipinski definition) is 2. The van der Waals surface area contributed by atoms with E-state index in [9.17, 15) is 4.39 Å². The van der Waals surface area contributed by atoms with Gasteiger partial charge in [0.15, 0.2) is 11.5 Å². The molecule has 3 heteroatoms. The van der Waals surface area contributed by atoms with Crippen molar-refractivity contribution in [2.45, 2.75) is 13.3 Å². The summed E-state index contributed by atoms with van der Waals surface area (Å²) in [6.07, 6.45) is 0.619. The predicted molar refractivity (Wildman–Crippen MR) is 68.8 cm³/mol. The molecule has 2 aromatic carbocycles. The first-order valence-electron chi connectivity index (χ1n) is 5.84. The monoisotopic (exact) mass is 246 g/mol. The second-order valence-electron chi connectivity index (χ2n) is 3.86. The summed E-state index contributed by atoms with van der Waals surface area (Å²) in [5, 5.41) is 0. The molecule has 94 valence electrons. The molecule has 0 aromatic heterocycles. The molecule has 2 nitrogen and oxygen atoms in total. The summed E-state index contributed by atoms with van der Waals surface area (Å²) in [4.78, 5) is 0. The molecule has 18 heavy (non-hydrogen) atoms. The van der Waals surface area contributed by atoms with Crippen molar-refractivity contribution in [3.8, 4) is 17.2 Å². The molecule has 0 saturated heterocycles. The van der Waals surface area contributed by atoms with E-state index in [-0.39, 0.29) is 5.82 Å². The Balaban J connectivity index is 2.35. The van der Waals surface area contributed by atoms with Crippen LogP contribution in [0.15, 0.2) is 42.5 Å². The van der Waals surface area contributed by atoms with Gasteiger partial charge in [0, 0.05) is 6.07 Å². The molecular formula is C15H15FO2. The van der Waals surface area contributed by atoms with E-state index >= 15 is 0 Å². The van der Waals surface area contributed by atoms with Gasteiger partial charge in [-0.25, -0.2) is 4.39 Å². The van der Waals surface area contributed by atoms with Gasteiger partial charge < -0.3 is 9.47 Å². The van der Waals surface area contributed by atoms with Crippen molar-refractivity contribution in [3.05, 3.63) is 53.8 Å². The fraction of sp³-hybridized carbons (Fsp3) is 0.200. The molecule has 0 unspecified atom stereocenters. The highest BCUT2D eigenvalue weighted by Crippen LogP contribution is 2.33. The van der Waals surface area contributed by atoms with Crippen molar-refractivity contribution >= 4 is 0 Å². The lowest BCUT2D eigenvalue weighted by Crippen LogP contribution is -1.95. The summed E-state index contributed by atoms with van der Waals surface area (Å²) in [6, 6.07) is 12.3. The average molecular weight is 246 g/mol. The minimum atomic E-state index is -0.274.